The van der Waals surface area contributed by atoms with Gasteiger partial charge in [-0.05, 0) is 18.1 Å². The van der Waals surface area contributed by atoms with Gasteiger partial charge in [0.1, 0.15) is 11.4 Å². The zero-order chi connectivity index (χ0) is 15.4. The standard InChI is InChI=1S/C13H15ClN4O3/c1-3-12(14)13-8-17(16-15-13)7-9-4-10(18(19)20)6-11(5-9)21-2/h4-6,8,12H,3,7H2,1-2H3. The van der Waals surface area contributed by atoms with E-state index < -0.39 is 4.92 Å². The lowest BCUT2D eigenvalue weighted by atomic mass is 10.2. The van der Waals surface area contributed by atoms with Gasteiger partial charge in [-0.15, -0.1) is 16.7 Å². The molecule has 1 unspecified atom stereocenters. The summed E-state index contributed by atoms with van der Waals surface area (Å²) in [7, 11) is 1.47. The lowest BCUT2D eigenvalue weighted by Gasteiger charge is -2.05. The van der Waals surface area contributed by atoms with Crippen LogP contribution < -0.4 is 4.74 Å². The van der Waals surface area contributed by atoms with Gasteiger partial charge in [0.2, 0.25) is 0 Å². The van der Waals surface area contributed by atoms with E-state index in [0.29, 0.717) is 23.6 Å². The van der Waals surface area contributed by atoms with Crippen molar-refractivity contribution < 1.29 is 9.66 Å². The van der Waals surface area contributed by atoms with E-state index in [4.69, 9.17) is 16.3 Å². The Morgan fingerprint density at radius 3 is 2.86 bits per heavy atom. The summed E-state index contributed by atoms with van der Waals surface area (Å²) in [5.74, 6) is 0.434. The van der Waals surface area contributed by atoms with Crippen LogP contribution in [0.3, 0.4) is 0 Å². The van der Waals surface area contributed by atoms with Crippen LogP contribution in [-0.4, -0.2) is 27.0 Å². The molecule has 8 heteroatoms. The van der Waals surface area contributed by atoms with Crippen LogP contribution in [0.1, 0.15) is 30.0 Å². The van der Waals surface area contributed by atoms with Crippen molar-refractivity contribution >= 4 is 17.3 Å². The normalized spacial score (nSPS) is 12.1. The predicted octanol–water partition coefficient (Wildman–Crippen LogP) is 2.93. The van der Waals surface area contributed by atoms with Crippen molar-refractivity contribution in [1.29, 1.82) is 0 Å². The SMILES string of the molecule is CCC(Cl)c1cn(Cc2cc(OC)cc([N+](=O)[O-])c2)nn1. The number of nitro benzene ring substituents is 1. The quantitative estimate of drug-likeness (QED) is 0.465. The van der Waals surface area contributed by atoms with Crippen LogP contribution in [0, 0.1) is 10.1 Å². The van der Waals surface area contributed by atoms with E-state index in [-0.39, 0.29) is 11.1 Å². The van der Waals surface area contributed by atoms with Gasteiger partial charge in [0.15, 0.2) is 0 Å². The summed E-state index contributed by atoms with van der Waals surface area (Å²) in [4.78, 5) is 10.5. The summed E-state index contributed by atoms with van der Waals surface area (Å²) in [6, 6.07) is 4.59. The van der Waals surface area contributed by atoms with Crippen molar-refractivity contribution in [2.45, 2.75) is 25.3 Å². The molecule has 2 aromatic rings. The first-order valence-corrected chi connectivity index (χ1v) is 6.83. The van der Waals surface area contributed by atoms with E-state index in [9.17, 15) is 10.1 Å². The van der Waals surface area contributed by atoms with Gasteiger partial charge in [0.05, 0.1) is 36.2 Å². The Bertz CT molecular complexity index is 644. The summed E-state index contributed by atoms with van der Waals surface area (Å²) >= 11 is 6.10. The first-order chi connectivity index (χ1) is 10.0. The van der Waals surface area contributed by atoms with Gasteiger partial charge in [0.25, 0.3) is 5.69 Å². The van der Waals surface area contributed by atoms with Crippen LogP contribution in [0.2, 0.25) is 0 Å². The van der Waals surface area contributed by atoms with Crippen LogP contribution in [0.15, 0.2) is 24.4 Å². The minimum absolute atomic E-state index is 0.0199. The molecule has 0 bridgehead atoms. The third-order valence-electron chi connectivity index (χ3n) is 2.98. The zero-order valence-electron chi connectivity index (χ0n) is 11.7. The van der Waals surface area contributed by atoms with Crippen LogP contribution in [0.25, 0.3) is 0 Å². The molecule has 2 rings (SSSR count). The lowest BCUT2D eigenvalue weighted by Crippen LogP contribution is -2.02. The Kier molecular flexibility index (Phi) is 4.74. The van der Waals surface area contributed by atoms with Gasteiger partial charge < -0.3 is 4.74 Å². The third kappa shape index (κ3) is 3.69. The first kappa shape index (κ1) is 15.2. The van der Waals surface area contributed by atoms with Gasteiger partial charge >= 0.3 is 0 Å². The van der Waals surface area contributed by atoms with E-state index in [1.54, 1.807) is 16.9 Å². The maximum atomic E-state index is 10.9. The highest BCUT2D eigenvalue weighted by molar-refractivity contribution is 6.20. The second kappa shape index (κ2) is 6.53. The number of methoxy groups -OCH3 is 1. The number of ether oxygens (including phenoxy) is 1. The highest BCUT2D eigenvalue weighted by Gasteiger charge is 2.13. The number of hydrogen-bond acceptors (Lipinski definition) is 5. The molecular weight excluding hydrogens is 296 g/mol. The molecule has 0 spiro atoms. The van der Waals surface area contributed by atoms with Crippen LogP contribution in [0.5, 0.6) is 5.75 Å². The lowest BCUT2D eigenvalue weighted by molar-refractivity contribution is -0.385. The van der Waals surface area contributed by atoms with Gasteiger partial charge in [0, 0.05) is 6.07 Å². The molecule has 0 saturated carbocycles. The van der Waals surface area contributed by atoms with E-state index in [0.717, 1.165) is 6.42 Å². The monoisotopic (exact) mass is 310 g/mol. The average molecular weight is 311 g/mol. The first-order valence-electron chi connectivity index (χ1n) is 6.40. The molecule has 21 heavy (non-hydrogen) atoms. The van der Waals surface area contributed by atoms with Gasteiger partial charge in [-0.3, -0.25) is 10.1 Å². The maximum Gasteiger partial charge on any atom is 0.273 e. The van der Waals surface area contributed by atoms with Crippen molar-refractivity contribution in [3.05, 3.63) is 45.8 Å². The van der Waals surface area contributed by atoms with Crippen LogP contribution >= 0.6 is 11.6 Å². The molecule has 1 heterocycles. The number of non-ortho nitro benzene ring substituents is 1. The molecule has 0 radical (unpaired) electrons. The summed E-state index contributed by atoms with van der Waals surface area (Å²) in [6.45, 7) is 2.32. The number of hydrogen-bond donors (Lipinski definition) is 0. The molecule has 1 aromatic heterocycles. The summed E-state index contributed by atoms with van der Waals surface area (Å²) in [5.41, 5.74) is 1.38. The number of rotatable bonds is 6. The molecule has 0 amide bonds. The number of nitro groups is 1. The van der Waals surface area contributed by atoms with Crippen molar-refractivity contribution in [3.8, 4) is 5.75 Å². The molecule has 7 nitrogen and oxygen atoms in total. The number of nitrogens with zero attached hydrogens (tertiary/aromatic N) is 4. The summed E-state index contributed by atoms with van der Waals surface area (Å²) in [5, 5.41) is 18.7. The van der Waals surface area contributed by atoms with Crippen molar-refractivity contribution in [3.63, 3.8) is 0 Å². The highest BCUT2D eigenvalue weighted by Crippen LogP contribution is 2.24. The second-order valence-electron chi connectivity index (χ2n) is 4.51. The minimum Gasteiger partial charge on any atom is -0.496 e. The fourth-order valence-corrected chi connectivity index (χ4v) is 1.99. The van der Waals surface area contributed by atoms with E-state index in [1.165, 1.54) is 19.2 Å². The van der Waals surface area contributed by atoms with Gasteiger partial charge in [-0.1, -0.05) is 12.1 Å². The van der Waals surface area contributed by atoms with Crippen LogP contribution in [-0.2, 0) is 6.54 Å². The Morgan fingerprint density at radius 1 is 1.48 bits per heavy atom. The third-order valence-corrected chi connectivity index (χ3v) is 3.51. The molecule has 0 saturated heterocycles. The molecular formula is C13H15ClN4O3. The van der Waals surface area contributed by atoms with Gasteiger partial charge in [-0.2, -0.15) is 0 Å². The topological polar surface area (TPSA) is 83.1 Å². The molecule has 0 N–H and O–H groups in total. The zero-order valence-corrected chi connectivity index (χ0v) is 12.4. The number of benzene rings is 1. The fraction of sp³-hybridized carbons (Fsp3) is 0.385. The second-order valence-corrected chi connectivity index (χ2v) is 5.04. The highest BCUT2D eigenvalue weighted by atomic mass is 35.5. The van der Waals surface area contributed by atoms with Gasteiger partial charge in [-0.25, -0.2) is 4.68 Å². The fourth-order valence-electron chi connectivity index (χ4n) is 1.89. The molecule has 1 atom stereocenters. The molecule has 0 aliphatic heterocycles. The van der Waals surface area contributed by atoms with E-state index >= 15 is 0 Å². The molecule has 1 aromatic carbocycles. The Hall–Kier alpha value is -2.15. The largest absolute Gasteiger partial charge is 0.496 e. The van der Waals surface area contributed by atoms with Crippen molar-refractivity contribution in [2.24, 2.45) is 0 Å². The maximum absolute atomic E-state index is 10.9. The average Bonchev–Trinajstić information content (AvgIpc) is 2.94. The molecule has 0 aliphatic rings. The predicted molar refractivity (Wildman–Crippen MR) is 77.7 cm³/mol. The Morgan fingerprint density at radius 2 is 2.24 bits per heavy atom. The molecule has 0 aliphatic carbocycles. The van der Waals surface area contributed by atoms with Crippen molar-refractivity contribution in [2.75, 3.05) is 7.11 Å². The molecule has 112 valence electrons. The van der Waals surface area contributed by atoms with Crippen LogP contribution in [0.4, 0.5) is 5.69 Å². The summed E-state index contributed by atoms with van der Waals surface area (Å²) in [6.07, 6.45) is 2.50. The number of aromatic nitrogens is 3. The molecule has 0 fully saturated rings. The Labute approximate surface area is 126 Å². The van der Waals surface area contributed by atoms with E-state index in [2.05, 4.69) is 10.3 Å². The van der Waals surface area contributed by atoms with Crippen molar-refractivity contribution in [1.82, 2.24) is 15.0 Å². The van der Waals surface area contributed by atoms with E-state index in [1.807, 2.05) is 6.92 Å². The Balaban J connectivity index is 2.24. The minimum atomic E-state index is -0.454. The summed E-state index contributed by atoms with van der Waals surface area (Å²) < 4.78 is 6.67. The number of alkyl halides is 1. The number of halogens is 1. The smallest absolute Gasteiger partial charge is 0.273 e.